The summed E-state index contributed by atoms with van der Waals surface area (Å²) < 4.78 is 36.3. The van der Waals surface area contributed by atoms with Gasteiger partial charge in [0, 0.05) is 38.7 Å². The summed E-state index contributed by atoms with van der Waals surface area (Å²) in [6.45, 7) is 6.93. The topological polar surface area (TPSA) is 133 Å². The van der Waals surface area contributed by atoms with Crippen molar-refractivity contribution in [2.24, 2.45) is 11.8 Å². The summed E-state index contributed by atoms with van der Waals surface area (Å²) in [7, 11) is 0. The Bertz CT molecular complexity index is 1340. The Balaban J connectivity index is 0.000000159. The van der Waals surface area contributed by atoms with E-state index in [9.17, 15) is 19.2 Å². The summed E-state index contributed by atoms with van der Waals surface area (Å²) in [4.78, 5) is 43.6. The first kappa shape index (κ1) is 41.0. The van der Waals surface area contributed by atoms with Gasteiger partial charge < -0.3 is 33.2 Å². The van der Waals surface area contributed by atoms with E-state index in [0.29, 0.717) is 109 Å². The molecule has 2 aromatic carbocycles. The summed E-state index contributed by atoms with van der Waals surface area (Å²) in [5, 5.41) is 0. The molecule has 5 fully saturated rings. The van der Waals surface area contributed by atoms with Crippen molar-refractivity contribution >= 4 is 23.9 Å². The molecule has 0 aliphatic carbocycles. The number of cyclic esters (lactones) is 4. The number of hydrogen-bond acceptors (Lipinski definition) is 11. The first-order valence-corrected chi connectivity index (χ1v) is 18.9. The van der Waals surface area contributed by atoms with Gasteiger partial charge in [0.2, 0.25) is 0 Å². The van der Waals surface area contributed by atoms with Gasteiger partial charge in [0.25, 0.3) is 0 Å². The molecule has 5 aliphatic rings. The summed E-state index contributed by atoms with van der Waals surface area (Å²) in [6, 6.07) is 20.5. The van der Waals surface area contributed by atoms with Crippen LogP contribution in [0.25, 0.3) is 0 Å². The normalized spacial score (nSPS) is 24.4. The highest BCUT2D eigenvalue weighted by Crippen LogP contribution is 2.31. The number of carbonyl (C=O) groups excluding carboxylic acids is 4. The average molecular weight is 725 g/mol. The molecular formula is C41H56O11. The molecule has 2 aromatic rings. The maximum absolute atomic E-state index is 11.1. The Hall–Kier alpha value is -3.80. The molecule has 5 saturated heterocycles. The highest BCUT2D eigenvalue weighted by molar-refractivity contribution is 5.70. The standard InChI is InChI=1S/C14H18O3.C12H14O2.C8H12O4.C7H12O2/c15-14-7-6-13(8-9-17-14)11-16-10-12-4-2-1-3-5-12;13-12-7-6-11(8-9-14-12)10-4-2-1-3-5-10;9-7-1-2-8(3-4-10-7)11-5-6-12-8;1-6-2-3-7(8)9-5-4-6/h1-5,13H,6-11H2;1-5,11H,6-9H2;1-6H2;6H,2-5H2,1H3. The van der Waals surface area contributed by atoms with Crippen LogP contribution in [0, 0.1) is 11.8 Å². The quantitative estimate of drug-likeness (QED) is 0.237. The smallest absolute Gasteiger partial charge is 0.305 e. The SMILES string of the molecule is CC1CCOC(=O)CC1.O=C1CCC(COCc2ccccc2)CCO1.O=C1CCC(c2ccccc2)CCO1.O=C1CCC2(CCO1)OCCO2. The largest absolute Gasteiger partial charge is 0.466 e. The molecule has 0 bridgehead atoms. The zero-order valence-electron chi connectivity index (χ0n) is 30.6. The third-order valence-corrected chi connectivity index (χ3v) is 9.69. The third kappa shape index (κ3) is 15.8. The second-order valence-electron chi connectivity index (χ2n) is 13.8. The molecule has 286 valence electrons. The van der Waals surface area contributed by atoms with E-state index in [1.807, 2.05) is 36.4 Å². The van der Waals surface area contributed by atoms with Gasteiger partial charge in [-0.1, -0.05) is 67.6 Å². The Morgan fingerprint density at radius 2 is 1.13 bits per heavy atom. The van der Waals surface area contributed by atoms with Crippen LogP contribution in [0.15, 0.2) is 60.7 Å². The van der Waals surface area contributed by atoms with E-state index < -0.39 is 5.79 Å². The summed E-state index contributed by atoms with van der Waals surface area (Å²) in [6.07, 6.45) is 9.10. The van der Waals surface area contributed by atoms with Gasteiger partial charge in [-0.3, -0.25) is 19.2 Å². The van der Waals surface area contributed by atoms with Crippen LogP contribution in [0.3, 0.4) is 0 Å². The van der Waals surface area contributed by atoms with E-state index in [4.69, 9.17) is 33.2 Å². The Labute approximate surface area is 308 Å². The maximum Gasteiger partial charge on any atom is 0.305 e. The summed E-state index contributed by atoms with van der Waals surface area (Å²) in [5.41, 5.74) is 2.51. The Kier molecular flexibility index (Phi) is 18.1. The van der Waals surface area contributed by atoms with Gasteiger partial charge in [-0.25, -0.2) is 0 Å². The lowest BCUT2D eigenvalue weighted by atomic mass is 9.92. The van der Waals surface area contributed by atoms with Crippen molar-refractivity contribution in [2.45, 2.75) is 102 Å². The van der Waals surface area contributed by atoms with E-state index in [0.717, 1.165) is 38.5 Å². The summed E-state index contributed by atoms with van der Waals surface area (Å²) in [5.74, 6) is 0.792. The highest BCUT2D eigenvalue weighted by Gasteiger charge is 2.38. The van der Waals surface area contributed by atoms with Crippen molar-refractivity contribution in [1.82, 2.24) is 0 Å². The average Bonchev–Trinajstić information content (AvgIpc) is 3.32. The minimum Gasteiger partial charge on any atom is -0.466 e. The van der Waals surface area contributed by atoms with Crippen LogP contribution in [0.2, 0.25) is 0 Å². The van der Waals surface area contributed by atoms with Crippen LogP contribution >= 0.6 is 0 Å². The first-order valence-electron chi connectivity index (χ1n) is 18.9. The maximum atomic E-state index is 11.1. The van der Waals surface area contributed by atoms with Gasteiger partial charge in [0.15, 0.2) is 5.79 Å². The summed E-state index contributed by atoms with van der Waals surface area (Å²) >= 11 is 0. The van der Waals surface area contributed by atoms with Crippen LogP contribution in [0.4, 0.5) is 0 Å². The monoisotopic (exact) mass is 724 g/mol. The first-order chi connectivity index (χ1) is 25.3. The predicted octanol–water partition coefficient (Wildman–Crippen LogP) is 6.85. The van der Waals surface area contributed by atoms with Crippen molar-refractivity contribution in [1.29, 1.82) is 0 Å². The molecule has 1 spiro atoms. The van der Waals surface area contributed by atoms with E-state index in [-0.39, 0.29) is 23.9 Å². The third-order valence-electron chi connectivity index (χ3n) is 9.69. The van der Waals surface area contributed by atoms with Crippen molar-refractivity contribution < 1.29 is 52.3 Å². The van der Waals surface area contributed by atoms with Gasteiger partial charge in [-0.2, -0.15) is 0 Å². The number of rotatable bonds is 5. The van der Waals surface area contributed by atoms with Crippen LogP contribution in [-0.4, -0.2) is 75.9 Å². The Morgan fingerprint density at radius 3 is 1.83 bits per heavy atom. The predicted molar refractivity (Wildman–Crippen MR) is 192 cm³/mol. The number of esters is 4. The fourth-order valence-electron chi connectivity index (χ4n) is 6.39. The van der Waals surface area contributed by atoms with Crippen LogP contribution < -0.4 is 0 Å². The second kappa shape index (κ2) is 23.0. The molecule has 0 saturated carbocycles. The van der Waals surface area contributed by atoms with E-state index >= 15 is 0 Å². The lowest BCUT2D eigenvalue weighted by Gasteiger charge is -2.23. The Morgan fingerprint density at radius 1 is 0.577 bits per heavy atom. The molecule has 5 heterocycles. The number of carbonyl (C=O) groups is 4. The highest BCUT2D eigenvalue weighted by atomic mass is 16.7. The number of benzene rings is 2. The molecule has 3 atom stereocenters. The van der Waals surface area contributed by atoms with Crippen LogP contribution in [0.1, 0.15) is 101 Å². The molecule has 11 nitrogen and oxygen atoms in total. The number of ether oxygens (including phenoxy) is 7. The molecule has 0 aromatic heterocycles. The molecule has 52 heavy (non-hydrogen) atoms. The lowest BCUT2D eigenvalue weighted by molar-refractivity contribution is -0.165. The fraction of sp³-hybridized carbons (Fsp3) is 0.610. The van der Waals surface area contributed by atoms with Gasteiger partial charge in [-0.15, -0.1) is 0 Å². The van der Waals surface area contributed by atoms with Crippen LogP contribution in [0.5, 0.6) is 0 Å². The molecule has 3 unspecified atom stereocenters. The fourth-order valence-corrected chi connectivity index (χ4v) is 6.39. The second-order valence-corrected chi connectivity index (χ2v) is 13.8. The van der Waals surface area contributed by atoms with Gasteiger partial charge in [-0.05, 0) is 67.4 Å². The lowest BCUT2D eigenvalue weighted by Crippen LogP contribution is -2.30. The molecule has 5 aliphatic heterocycles. The van der Waals surface area contributed by atoms with Gasteiger partial charge >= 0.3 is 23.9 Å². The van der Waals surface area contributed by atoms with Gasteiger partial charge in [0.1, 0.15) is 0 Å². The molecule has 0 radical (unpaired) electrons. The molecule has 0 amide bonds. The van der Waals surface area contributed by atoms with Crippen molar-refractivity contribution in [3.63, 3.8) is 0 Å². The zero-order chi connectivity index (χ0) is 36.9. The van der Waals surface area contributed by atoms with E-state index in [2.05, 4.69) is 31.2 Å². The van der Waals surface area contributed by atoms with E-state index in [1.54, 1.807) is 0 Å². The van der Waals surface area contributed by atoms with Gasteiger partial charge in [0.05, 0.1) is 52.7 Å². The van der Waals surface area contributed by atoms with Crippen molar-refractivity contribution in [3.05, 3.63) is 71.8 Å². The minimum absolute atomic E-state index is 0.0284. The van der Waals surface area contributed by atoms with Crippen molar-refractivity contribution in [2.75, 3.05) is 46.2 Å². The van der Waals surface area contributed by atoms with E-state index in [1.165, 1.54) is 11.1 Å². The molecule has 0 N–H and O–H groups in total. The number of hydrogen-bond donors (Lipinski definition) is 0. The molecule has 11 heteroatoms. The molecular weight excluding hydrogens is 668 g/mol. The van der Waals surface area contributed by atoms with Crippen LogP contribution in [-0.2, 0) is 58.9 Å². The minimum atomic E-state index is -0.508. The zero-order valence-corrected chi connectivity index (χ0v) is 30.6. The van der Waals surface area contributed by atoms with Crippen molar-refractivity contribution in [3.8, 4) is 0 Å². The molecule has 7 rings (SSSR count).